The van der Waals surface area contributed by atoms with Crippen LogP contribution in [0.5, 0.6) is 5.75 Å². The van der Waals surface area contributed by atoms with E-state index in [1.165, 1.54) is 17.8 Å². The van der Waals surface area contributed by atoms with Gasteiger partial charge in [-0.2, -0.15) is 0 Å². The summed E-state index contributed by atoms with van der Waals surface area (Å²) >= 11 is 1.64. The highest BCUT2D eigenvalue weighted by Gasteiger charge is 2.30. The summed E-state index contributed by atoms with van der Waals surface area (Å²) in [5.74, 6) is 0.245. The zero-order valence-corrected chi connectivity index (χ0v) is 15.6. The summed E-state index contributed by atoms with van der Waals surface area (Å²) in [4.78, 5) is 2.49. The number of nitrogens with one attached hydrogen (secondary N) is 1. The van der Waals surface area contributed by atoms with Gasteiger partial charge in [-0.15, -0.1) is 0 Å². The van der Waals surface area contributed by atoms with Crippen molar-refractivity contribution in [2.24, 2.45) is 0 Å². The number of piperazine rings is 1. The fourth-order valence-corrected chi connectivity index (χ4v) is 4.44. The molecule has 138 valence electrons. The van der Waals surface area contributed by atoms with Crippen LogP contribution in [0, 0.1) is 5.82 Å². The van der Waals surface area contributed by atoms with E-state index in [4.69, 9.17) is 4.74 Å². The van der Waals surface area contributed by atoms with E-state index < -0.39 is 0 Å². The maximum atomic E-state index is 13.6. The molecule has 2 aromatic rings. The number of halogens is 1. The van der Waals surface area contributed by atoms with Gasteiger partial charge in [0.05, 0.1) is 36.3 Å². The van der Waals surface area contributed by atoms with Crippen molar-refractivity contribution in [3.8, 4) is 5.75 Å². The highest BCUT2D eigenvalue weighted by Crippen LogP contribution is 2.50. The van der Waals surface area contributed by atoms with E-state index in [2.05, 4.69) is 37.0 Å². The number of hydrogen-bond acceptors (Lipinski definition) is 6. The third-order valence-electron chi connectivity index (χ3n) is 4.74. The van der Waals surface area contributed by atoms with E-state index in [0.717, 1.165) is 50.6 Å². The number of para-hydroxylation sites is 2. The van der Waals surface area contributed by atoms with E-state index in [-0.39, 0.29) is 5.82 Å². The highest BCUT2D eigenvalue weighted by atomic mass is 32.2. The van der Waals surface area contributed by atoms with Gasteiger partial charge in [-0.1, -0.05) is 12.1 Å². The number of anilines is 3. The molecule has 2 aliphatic heterocycles. The monoisotopic (exact) mass is 374 g/mol. The lowest BCUT2D eigenvalue weighted by Crippen LogP contribution is -2.45. The first-order valence-electron chi connectivity index (χ1n) is 8.87. The molecule has 4 rings (SSSR count). The third kappa shape index (κ3) is 3.47. The normalized spacial score (nSPS) is 17.5. The van der Waals surface area contributed by atoms with Gasteiger partial charge in [0.25, 0.3) is 0 Å². The molecule has 7 heteroatoms. The summed E-state index contributed by atoms with van der Waals surface area (Å²) in [6.07, 6.45) is 0. The Morgan fingerprint density at radius 2 is 1.81 bits per heavy atom. The van der Waals surface area contributed by atoms with Crippen LogP contribution >= 0.6 is 12.1 Å². The van der Waals surface area contributed by atoms with Gasteiger partial charge in [0, 0.05) is 45.3 Å². The standard InChI is InChI=1S/C19H23FN4OS/c1-25-19-14-15(20)6-7-18(19)24-17-5-3-2-4-16(17)23(26-24)13-12-22-10-8-21-9-11-22/h2-7,14,21H,8-13H2,1H3. The van der Waals surface area contributed by atoms with Gasteiger partial charge in [-0.3, -0.25) is 13.5 Å². The first-order chi connectivity index (χ1) is 12.8. The second-order valence-electron chi connectivity index (χ2n) is 6.37. The van der Waals surface area contributed by atoms with Gasteiger partial charge in [0.15, 0.2) is 0 Å². The van der Waals surface area contributed by atoms with Crippen molar-refractivity contribution in [1.29, 1.82) is 0 Å². The van der Waals surface area contributed by atoms with Gasteiger partial charge in [0.2, 0.25) is 0 Å². The van der Waals surface area contributed by atoms with Crippen molar-refractivity contribution >= 4 is 29.2 Å². The van der Waals surface area contributed by atoms with Crippen LogP contribution in [-0.2, 0) is 0 Å². The molecule has 0 atom stereocenters. The molecule has 1 N–H and O–H groups in total. The molecule has 0 radical (unpaired) electrons. The molecule has 0 saturated carbocycles. The lowest BCUT2D eigenvalue weighted by Gasteiger charge is -2.29. The minimum Gasteiger partial charge on any atom is -0.494 e. The van der Waals surface area contributed by atoms with Crippen molar-refractivity contribution in [1.82, 2.24) is 10.2 Å². The molecule has 2 aliphatic rings. The largest absolute Gasteiger partial charge is 0.494 e. The maximum absolute atomic E-state index is 13.6. The average molecular weight is 374 g/mol. The molecule has 5 nitrogen and oxygen atoms in total. The lowest BCUT2D eigenvalue weighted by atomic mass is 10.2. The van der Waals surface area contributed by atoms with Crippen LogP contribution in [0.25, 0.3) is 0 Å². The number of fused-ring (bicyclic) bond motifs is 1. The molecule has 0 unspecified atom stereocenters. The summed E-state index contributed by atoms with van der Waals surface area (Å²) in [6.45, 7) is 6.26. The van der Waals surface area contributed by atoms with E-state index in [1.54, 1.807) is 25.3 Å². The smallest absolute Gasteiger partial charge is 0.146 e. The molecular formula is C19H23FN4OS. The van der Waals surface area contributed by atoms with Crippen LogP contribution in [0.4, 0.5) is 21.5 Å². The molecular weight excluding hydrogens is 351 g/mol. The Morgan fingerprint density at radius 1 is 1.04 bits per heavy atom. The van der Waals surface area contributed by atoms with E-state index in [9.17, 15) is 4.39 Å². The minimum atomic E-state index is -0.293. The van der Waals surface area contributed by atoms with E-state index >= 15 is 0 Å². The zero-order chi connectivity index (χ0) is 17.9. The predicted octanol–water partition coefficient (Wildman–Crippen LogP) is 3.26. The van der Waals surface area contributed by atoms with Crippen molar-refractivity contribution in [2.45, 2.75) is 0 Å². The molecule has 2 heterocycles. The number of hydrogen-bond donors (Lipinski definition) is 1. The average Bonchev–Trinajstić information content (AvgIpc) is 3.06. The predicted molar refractivity (Wildman–Crippen MR) is 106 cm³/mol. The minimum absolute atomic E-state index is 0.293. The summed E-state index contributed by atoms with van der Waals surface area (Å²) in [6, 6.07) is 13.0. The number of ether oxygens (including phenoxy) is 1. The zero-order valence-electron chi connectivity index (χ0n) is 14.8. The Labute approximate surface area is 158 Å². The van der Waals surface area contributed by atoms with Crippen molar-refractivity contribution in [3.63, 3.8) is 0 Å². The molecule has 1 fully saturated rings. The molecule has 0 bridgehead atoms. The first-order valence-corrected chi connectivity index (χ1v) is 9.61. The maximum Gasteiger partial charge on any atom is 0.146 e. The van der Waals surface area contributed by atoms with Crippen LogP contribution in [0.1, 0.15) is 0 Å². The first kappa shape index (κ1) is 17.5. The topological polar surface area (TPSA) is 31.0 Å². The molecule has 2 aromatic carbocycles. The lowest BCUT2D eigenvalue weighted by molar-refractivity contribution is 0.248. The Morgan fingerprint density at radius 3 is 2.58 bits per heavy atom. The van der Waals surface area contributed by atoms with Gasteiger partial charge in [0.1, 0.15) is 11.6 Å². The van der Waals surface area contributed by atoms with E-state index in [0.29, 0.717) is 5.75 Å². The Bertz CT molecular complexity index is 769. The SMILES string of the molecule is COc1cc(F)ccc1N1SN(CCN2CCNCC2)c2ccccc21. The van der Waals surface area contributed by atoms with Crippen molar-refractivity contribution in [2.75, 3.05) is 55.0 Å². The van der Waals surface area contributed by atoms with Gasteiger partial charge in [-0.25, -0.2) is 4.39 Å². The summed E-state index contributed by atoms with van der Waals surface area (Å²) in [5, 5.41) is 3.39. The molecule has 0 spiro atoms. The van der Waals surface area contributed by atoms with Crippen LogP contribution < -0.4 is 18.7 Å². The van der Waals surface area contributed by atoms with Crippen LogP contribution in [-0.4, -0.2) is 51.3 Å². The third-order valence-corrected chi connectivity index (χ3v) is 5.87. The summed E-state index contributed by atoms with van der Waals surface area (Å²) in [7, 11) is 1.58. The number of rotatable bonds is 5. The Hall–Kier alpha value is -1.96. The number of nitrogens with zero attached hydrogens (tertiary/aromatic N) is 3. The second kappa shape index (κ2) is 7.73. The quantitative estimate of drug-likeness (QED) is 0.809. The number of benzene rings is 2. The molecule has 0 amide bonds. The van der Waals surface area contributed by atoms with Gasteiger partial charge >= 0.3 is 0 Å². The molecule has 26 heavy (non-hydrogen) atoms. The van der Waals surface area contributed by atoms with Crippen LogP contribution in [0.3, 0.4) is 0 Å². The van der Waals surface area contributed by atoms with Crippen LogP contribution in [0.2, 0.25) is 0 Å². The van der Waals surface area contributed by atoms with Crippen molar-refractivity contribution in [3.05, 3.63) is 48.3 Å². The number of methoxy groups -OCH3 is 1. The van der Waals surface area contributed by atoms with Gasteiger partial charge < -0.3 is 10.1 Å². The fraction of sp³-hybridized carbons (Fsp3) is 0.368. The second-order valence-corrected chi connectivity index (χ2v) is 7.34. The summed E-state index contributed by atoms with van der Waals surface area (Å²) in [5.41, 5.74) is 3.14. The Kier molecular flexibility index (Phi) is 5.19. The summed E-state index contributed by atoms with van der Waals surface area (Å²) < 4.78 is 23.4. The Balaban J connectivity index is 1.56. The molecule has 0 aromatic heterocycles. The van der Waals surface area contributed by atoms with Crippen molar-refractivity contribution < 1.29 is 9.13 Å². The highest BCUT2D eigenvalue weighted by molar-refractivity contribution is 8.02. The molecule has 1 saturated heterocycles. The van der Waals surface area contributed by atoms with Crippen LogP contribution in [0.15, 0.2) is 42.5 Å². The molecule has 0 aliphatic carbocycles. The van der Waals surface area contributed by atoms with E-state index in [1.807, 2.05) is 6.07 Å². The fourth-order valence-electron chi connectivity index (χ4n) is 3.35. The van der Waals surface area contributed by atoms with Gasteiger partial charge in [-0.05, 0) is 24.3 Å².